The minimum absolute atomic E-state index is 0.0477. The first kappa shape index (κ1) is 15.0. The second kappa shape index (κ2) is 6.18. The number of Topliss-reactive ketones (excluding diaryl/α,β-unsaturated/α-hetero) is 1. The summed E-state index contributed by atoms with van der Waals surface area (Å²) in [5.41, 5.74) is -0.488. The van der Waals surface area contributed by atoms with Crippen LogP contribution in [0.25, 0.3) is 0 Å². The summed E-state index contributed by atoms with van der Waals surface area (Å²) >= 11 is 0. The van der Waals surface area contributed by atoms with Crippen molar-refractivity contribution < 1.29 is 19.1 Å². The lowest BCUT2D eigenvalue weighted by Gasteiger charge is -2.19. The van der Waals surface area contributed by atoms with Crippen molar-refractivity contribution in [3.63, 3.8) is 0 Å². The lowest BCUT2D eigenvalue weighted by atomic mass is 10.2. The number of ether oxygens (including phenoxy) is 2. The Kier molecular flexibility index (Phi) is 5.14. The van der Waals surface area contributed by atoms with Gasteiger partial charge in [-0.3, -0.25) is 4.79 Å². The van der Waals surface area contributed by atoms with Gasteiger partial charge >= 0.3 is 6.09 Å². The molecule has 5 nitrogen and oxygen atoms in total. The molecule has 1 aliphatic rings. The van der Waals surface area contributed by atoms with Crippen molar-refractivity contribution in [3.05, 3.63) is 0 Å². The van der Waals surface area contributed by atoms with Crippen LogP contribution in [-0.2, 0) is 14.3 Å². The van der Waals surface area contributed by atoms with E-state index in [0.29, 0.717) is 13.2 Å². The molecule has 104 valence electrons. The summed E-state index contributed by atoms with van der Waals surface area (Å²) in [5, 5.41) is 2.69. The second-order valence-corrected chi connectivity index (χ2v) is 5.59. The van der Waals surface area contributed by atoms with Gasteiger partial charge < -0.3 is 14.8 Å². The van der Waals surface area contributed by atoms with Crippen molar-refractivity contribution >= 4 is 11.9 Å². The van der Waals surface area contributed by atoms with Crippen LogP contribution in [0.3, 0.4) is 0 Å². The molecule has 1 N–H and O–H groups in total. The summed E-state index contributed by atoms with van der Waals surface area (Å²) in [7, 11) is 0. The van der Waals surface area contributed by atoms with Gasteiger partial charge in [-0.1, -0.05) is 0 Å². The third-order valence-corrected chi connectivity index (χ3v) is 2.69. The van der Waals surface area contributed by atoms with Crippen LogP contribution < -0.4 is 5.32 Å². The maximum absolute atomic E-state index is 11.6. The van der Waals surface area contributed by atoms with E-state index in [0.717, 1.165) is 6.42 Å². The van der Waals surface area contributed by atoms with E-state index in [4.69, 9.17) is 9.47 Å². The van der Waals surface area contributed by atoms with Gasteiger partial charge in [0.2, 0.25) is 0 Å². The fraction of sp³-hybridized carbons (Fsp3) is 0.846. The predicted molar refractivity (Wildman–Crippen MR) is 67.3 cm³/mol. The average Bonchev–Trinajstić information content (AvgIpc) is 3.00. The van der Waals surface area contributed by atoms with Crippen LogP contribution >= 0.6 is 0 Å². The number of carbonyl (C=O) groups is 2. The second-order valence-electron chi connectivity index (χ2n) is 5.59. The van der Waals surface area contributed by atoms with Gasteiger partial charge in [0.1, 0.15) is 12.2 Å². The molecule has 0 heterocycles. The maximum atomic E-state index is 11.6. The number of nitrogens with one attached hydrogen (secondary N) is 1. The van der Waals surface area contributed by atoms with Gasteiger partial charge in [0.15, 0.2) is 5.78 Å². The molecule has 0 aromatic carbocycles. The molecule has 1 fully saturated rings. The van der Waals surface area contributed by atoms with Gasteiger partial charge in [0, 0.05) is 19.1 Å². The van der Waals surface area contributed by atoms with Crippen LogP contribution in [-0.4, -0.2) is 37.2 Å². The van der Waals surface area contributed by atoms with E-state index in [1.54, 1.807) is 0 Å². The van der Waals surface area contributed by atoms with Crippen LogP contribution in [0.5, 0.6) is 0 Å². The van der Waals surface area contributed by atoms with E-state index in [9.17, 15) is 9.59 Å². The molecule has 0 aliphatic heterocycles. The standard InChI is InChI=1S/C13H23NO4/c1-5-17-8-11(15)10-6-9(10)7-14-12(16)18-13(2,3)4/h9-10H,5-8H2,1-4H3,(H,14,16)/t9-,10-/m0/s1. The lowest BCUT2D eigenvalue weighted by molar-refractivity contribution is -0.124. The normalized spacial score (nSPS) is 22.4. The van der Waals surface area contributed by atoms with E-state index >= 15 is 0 Å². The highest BCUT2D eigenvalue weighted by atomic mass is 16.6. The molecule has 1 aliphatic carbocycles. The number of amides is 1. The first-order valence-corrected chi connectivity index (χ1v) is 6.40. The van der Waals surface area contributed by atoms with E-state index in [1.807, 2.05) is 27.7 Å². The minimum atomic E-state index is -0.488. The number of rotatable bonds is 6. The summed E-state index contributed by atoms with van der Waals surface area (Å²) in [6.45, 7) is 8.55. The fourth-order valence-electron chi connectivity index (χ4n) is 1.71. The summed E-state index contributed by atoms with van der Waals surface area (Å²) < 4.78 is 10.2. The third kappa shape index (κ3) is 5.49. The highest BCUT2D eigenvalue weighted by Gasteiger charge is 2.42. The Morgan fingerprint density at radius 2 is 2.00 bits per heavy atom. The number of hydrogen-bond donors (Lipinski definition) is 1. The van der Waals surface area contributed by atoms with E-state index in [2.05, 4.69) is 5.32 Å². The summed E-state index contributed by atoms with van der Waals surface area (Å²) in [5.74, 6) is 0.421. The molecular weight excluding hydrogens is 234 g/mol. The smallest absolute Gasteiger partial charge is 0.407 e. The van der Waals surface area contributed by atoms with Crippen LogP contribution in [0.15, 0.2) is 0 Å². The molecule has 2 atom stereocenters. The van der Waals surface area contributed by atoms with Crippen molar-refractivity contribution in [1.29, 1.82) is 0 Å². The maximum Gasteiger partial charge on any atom is 0.407 e. The van der Waals surface area contributed by atoms with Gasteiger partial charge in [0.25, 0.3) is 0 Å². The zero-order valence-electron chi connectivity index (χ0n) is 11.6. The quantitative estimate of drug-likeness (QED) is 0.787. The van der Waals surface area contributed by atoms with Crippen LogP contribution in [0.4, 0.5) is 4.79 Å². The lowest BCUT2D eigenvalue weighted by Crippen LogP contribution is -2.34. The van der Waals surface area contributed by atoms with Gasteiger partial charge in [-0.25, -0.2) is 4.79 Å². The van der Waals surface area contributed by atoms with Crippen LogP contribution in [0.1, 0.15) is 34.1 Å². The fourth-order valence-corrected chi connectivity index (χ4v) is 1.71. The molecule has 0 radical (unpaired) electrons. The van der Waals surface area contributed by atoms with Gasteiger partial charge in [0.05, 0.1) is 0 Å². The number of carbonyl (C=O) groups excluding carboxylic acids is 2. The summed E-state index contributed by atoms with van der Waals surface area (Å²) in [6, 6.07) is 0. The van der Waals surface area contributed by atoms with Crippen molar-refractivity contribution in [2.24, 2.45) is 11.8 Å². The molecule has 1 saturated carbocycles. The van der Waals surface area contributed by atoms with E-state index < -0.39 is 11.7 Å². The number of hydrogen-bond acceptors (Lipinski definition) is 4. The Hall–Kier alpha value is -1.10. The molecule has 0 aromatic heterocycles. The Morgan fingerprint density at radius 1 is 1.33 bits per heavy atom. The topological polar surface area (TPSA) is 64.6 Å². The zero-order chi connectivity index (χ0) is 13.8. The predicted octanol–water partition coefficient (Wildman–Crippen LogP) is 1.75. The van der Waals surface area contributed by atoms with Gasteiger partial charge in [-0.2, -0.15) is 0 Å². The average molecular weight is 257 g/mol. The van der Waals surface area contributed by atoms with Crippen LogP contribution in [0, 0.1) is 11.8 Å². The molecule has 18 heavy (non-hydrogen) atoms. The third-order valence-electron chi connectivity index (χ3n) is 2.69. The highest BCUT2D eigenvalue weighted by molar-refractivity contribution is 5.85. The zero-order valence-corrected chi connectivity index (χ0v) is 11.6. The van der Waals surface area contributed by atoms with Crippen molar-refractivity contribution in [2.45, 2.75) is 39.7 Å². The monoisotopic (exact) mass is 257 g/mol. The van der Waals surface area contributed by atoms with E-state index in [-0.39, 0.29) is 24.2 Å². The Labute approximate surface area is 108 Å². The van der Waals surface area contributed by atoms with Crippen molar-refractivity contribution in [1.82, 2.24) is 5.32 Å². The molecule has 0 spiro atoms. The summed E-state index contributed by atoms with van der Waals surface area (Å²) in [6.07, 6.45) is 0.409. The number of ketones is 1. The van der Waals surface area contributed by atoms with Gasteiger partial charge in [-0.05, 0) is 40.0 Å². The molecule has 1 rings (SSSR count). The molecular formula is C13H23NO4. The Balaban J connectivity index is 2.16. The summed E-state index contributed by atoms with van der Waals surface area (Å²) in [4.78, 5) is 23.0. The molecule has 0 aromatic rings. The minimum Gasteiger partial charge on any atom is -0.444 e. The van der Waals surface area contributed by atoms with E-state index in [1.165, 1.54) is 0 Å². The Morgan fingerprint density at radius 3 is 2.56 bits per heavy atom. The Bertz CT molecular complexity index is 309. The first-order valence-electron chi connectivity index (χ1n) is 6.40. The van der Waals surface area contributed by atoms with Crippen molar-refractivity contribution in [3.8, 4) is 0 Å². The first-order chi connectivity index (χ1) is 8.33. The largest absolute Gasteiger partial charge is 0.444 e. The molecule has 5 heteroatoms. The SMILES string of the molecule is CCOCC(=O)[C@H]1C[C@H]1CNC(=O)OC(C)(C)C. The van der Waals surface area contributed by atoms with Gasteiger partial charge in [-0.15, -0.1) is 0 Å². The molecule has 1 amide bonds. The van der Waals surface area contributed by atoms with Crippen molar-refractivity contribution in [2.75, 3.05) is 19.8 Å². The number of alkyl carbamates (subject to hydrolysis) is 1. The highest BCUT2D eigenvalue weighted by Crippen LogP contribution is 2.38. The molecule has 0 unspecified atom stereocenters. The molecule has 0 bridgehead atoms. The van der Waals surface area contributed by atoms with Crippen LogP contribution in [0.2, 0.25) is 0 Å². The molecule has 0 saturated heterocycles.